The van der Waals surface area contributed by atoms with Crippen LogP contribution in [0.15, 0.2) is 10.7 Å². The molecule has 1 saturated heterocycles. The fraction of sp³-hybridized carbons (Fsp3) is 0.667. The normalized spacial score (nSPS) is 20.0. The van der Waals surface area contributed by atoms with Crippen molar-refractivity contribution in [2.24, 2.45) is 5.92 Å². The number of oxazole rings is 1. The quantitative estimate of drug-likeness (QED) is 0.796. The van der Waals surface area contributed by atoms with Crippen molar-refractivity contribution >= 4 is 12.0 Å². The van der Waals surface area contributed by atoms with Gasteiger partial charge in [-0.05, 0) is 32.9 Å². The molecular weight excluding hydrogens is 234 g/mol. The van der Waals surface area contributed by atoms with E-state index >= 15 is 0 Å². The zero-order valence-corrected chi connectivity index (χ0v) is 10.8. The smallest absolute Gasteiger partial charge is 0.360 e. The van der Waals surface area contributed by atoms with Crippen LogP contribution in [-0.4, -0.2) is 49.1 Å². The van der Waals surface area contributed by atoms with Crippen LogP contribution in [0.25, 0.3) is 0 Å². The Labute approximate surface area is 106 Å². The molecule has 0 aliphatic carbocycles. The first kappa shape index (κ1) is 12.9. The number of ether oxygens (including phenoxy) is 1. The molecule has 0 bridgehead atoms. The number of nitrogens with one attached hydrogen (secondary N) is 1. The third-order valence-electron chi connectivity index (χ3n) is 3.02. The van der Waals surface area contributed by atoms with Gasteiger partial charge in [-0.3, -0.25) is 0 Å². The van der Waals surface area contributed by atoms with E-state index in [0.717, 1.165) is 19.6 Å². The van der Waals surface area contributed by atoms with E-state index in [4.69, 9.17) is 9.15 Å². The van der Waals surface area contributed by atoms with Crippen LogP contribution in [0.1, 0.15) is 23.8 Å². The second-order valence-electron chi connectivity index (χ2n) is 4.56. The average Bonchev–Trinajstić information content (AvgIpc) is 2.95. The highest BCUT2D eigenvalue weighted by Gasteiger charge is 2.20. The largest absolute Gasteiger partial charge is 0.461 e. The molecule has 1 fully saturated rings. The van der Waals surface area contributed by atoms with Crippen LogP contribution >= 0.6 is 0 Å². The van der Waals surface area contributed by atoms with Gasteiger partial charge in [0.15, 0.2) is 5.69 Å². The number of hydrogen-bond acceptors (Lipinski definition) is 6. The first-order valence-electron chi connectivity index (χ1n) is 6.24. The summed E-state index contributed by atoms with van der Waals surface area (Å²) in [6.07, 6.45) is 2.50. The highest BCUT2D eigenvalue weighted by Crippen LogP contribution is 2.15. The number of aromatic nitrogens is 1. The van der Waals surface area contributed by atoms with E-state index in [0.29, 0.717) is 18.5 Å². The van der Waals surface area contributed by atoms with Crippen LogP contribution in [0.3, 0.4) is 0 Å². The number of nitrogens with zero attached hydrogens (tertiary/aromatic N) is 2. The Balaban J connectivity index is 1.81. The maximum Gasteiger partial charge on any atom is 0.360 e. The summed E-state index contributed by atoms with van der Waals surface area (Å²) in [5, 5.41) is 3.11. The van der Waals surface area contributed by atoms with Crippen LogP contribution in [0.5, 0.6) is 0 Å². The molecule has 100 valence electrons. The van der Waals surface area contributed by atoms with E-state index in [1.807, 2.05) is 0 Å². The van der Waals surface area contributed by atoms with Gasteiger partial charge in [0.2, 0.25) is 0 Å². The van der Waals surface area contributed by atoms with Crippen molar-refractivity contribution in [1.29, 1.82) is 0 Å². The Morgan fingerprint density at radius 2 is 2.56 bits per heavy atom. The fourth-order valence-corrected chi connectivity index (χ4v) is 2.08. The molecule has 1 aliphatic heterocycles. The SMILES string of the molecule is CCOC(=O)c1coc(NCC2CCN(C)C2)n1. The number of likely N-dealkylation sites (tertiary alicyclic amines) is 1. The summed E-state index contributed by atoms with van der Waals surface area (Å²) in [5.41, 5.74) is 0.211. The zero-order chi connectivity index (χ0) is 13.0. The average molecular weight is 253 g/mol. The van der Waals surface area contributed by atoms with E-state index in [-0.39, 0.29) is 5.69 Å². The number of carbonyl (C=O) groups is 1. The molecule has 1 aliphatic rings. The topological polar surface area (TPSA) is 67.6 Å². The van der Waals surface area contributed by atoms with Gasteiger partial charge < -0.3 is 19.4 Å². The Kier molecular flexibility index (Phi) is 4.19. The minimum absolute atomic E-state index is 0.211. The van der Waals surface area contributed by atoms with Crippen molar-refractivity contribution < 1.29 is 13.9 Å². The Hall–Kier alpha value is -1.56. The van der Waals surface area contributed by atoms with Crippen molar-refractivity contribution in [3.63, 3.8) is 0 Å². The maximum absolute atomic E-state index is 11.4. The molecule has 0 aromatic carbocycles. The number of rotatable bonds is 5. The summed E-state index contributed by atoms with van der Waals surface area (Å²) in [7, 11) is 2.12. The Morgan fingerprint density at radius 1 is 1.72 bits per heavy atom. The lowest BCUT2D eigenvalue weighted by Crippen LogP contribution is -2.19. The number of anilines is 1. The molecular formula is C12H19N3O3. The van der Waals surface area contributed by atoms with Gasteiger partial charge in [0.25, 0.3) is 6.01 Å². The second kappa shape index (κ2) is 5.86. The molecule has 18 heavy (non-hydrogen) atoms. The first-order valence-corrected chi connectivity index (χ1v) is 6.24. The summed E-state index contributed by atoms with van der Waals surface area (Å²) < 4.78 is 10.0. The van der Waals surface area contributed by atoms with Crippen LogP contribution in [0.4, 0.5) is 6.01 Å². The summed E-state index contributed by atoms with van der Waals surface area (Å²) in [6, 6.07) is 0.382. The molecule has 0 radical (unpaired) electrons. The molecule has 1 unspecified atom stereocenters. The van der Waals surface area contributed by atoms with Crippen LogP contribution in [0, 0.1) is 5.92 Å². The van der Waals surface area contributed by atoms with Crippen LogP contribution in [0.2, 0.25) is 0 Å². The standard InChI is InChI=1S/C12H19N3O3/c1-3-17-11(16)10-8-18-12(14-10)13-6-9-4-5-15(2)7-9/h8-9H,3-7H2,1-2H3,(H,13,14). The molecule has 2 heterocycles. The van der Waals surface area contributed by atoms with Gasteiger partial charge >= 0.3 is 5.97 Å². The summed E-state index contributed by atoms with van der Waals surface area (Å²) in [5.74, 6) is 0.155. The monoisotopic (exact) mass is 253 g/mol. The third-order valence-corrected chi connectivity index (χ3v) is 3.02. The maximum atomic E-state index is 11.4. The fourth-order valence-electron chi connectivity index (χ4n) is 2.08. The van der Waals surface area contributed by atoms with Gasteiger partial charge in [-0.2, -0.15) is 4.98 Å². The zero-order valence-electron chi connectivity index (χ0n) is 10.8. The van der Waals surface area contributed by atoms with E-state index < -0.39 is 5.97 Å². The van der Waals surface area contributed by atoms with Crippen molar-refractivity contribution in [2.75, 3.05) is 38.6 Å². The Bertz CT molecular complexity index is 405. The lowest BCUT2D eigenvalue weighted by molar-refractivity contribution is 0.0519. The molecule has 0 amide bonds. The molecule has 1 aromatic heterocycles. The van der Waals surface area contributed by atoms with Gasteiger partial charge in [-0.1, -0.05) is 0 Å². The lowest BCUT2D eigenvalue weighted by Gasteiger charge is -2.09. The molecule has 2 rings (SSSR count). The molecule has 6 nitrogen and oxygen atoms in total. The highest BCUT2D eigenvalue weighted by atomic mass is 16.5. The minimum Gasteiger partial charge on any atom is -0.461 e. The second-order valence-corrected chi connectivity index (χ2v) is 4.56. The molecule has 1 atom stereocenters. The third kappa shape index (κ3) is 3.22. The molecule has 1 aromatic rings. The van der Waals surface area contributed by atoms with Crippen molar-refractivity contribution in [3.05, 3.63) is 12.0 Å². The molecule has 6 heteroatoms. The van der Waals surface area contributed by atoms with E-state index in [1.165, 1.54) is 12.7 Å². The van der Waals surface area contributed by atoms with E-state index in [9.17, 15) is 4.79 Å². The summed E-state index contributed by atoms with van der Waals surface area (Å²) in [4.78, 5) is 17.7. The first-order chi connectivity index (χ1) is 8.69. The van der Waals surface area contributed by atoms with Gasteiger partial charge in [0, 0.05) is 13.1 Å². The van der Waals surface area contributed by atoms with Gasteiger partial charge in [0.1, 0.15) is 6.26 Å². The van der Waals surface area contributed by atoms with Crippen LogP contribution < -0.4 is 5.32 Å². The Morgan fingerprint density at radius 3 is 3.22 bits per heavy atom. The van der Waals surface area contributed by atoms with E-state index in [1.54, 1.807) is 6.92 Å². The van der Waals surface area contributed by atoms with Gasteiger partial charge in [-0.25, -0.2) is 4.79 Å². The van der Waals surface area contributed by atoms with Crippen molar-refractivity contribution in [1.82, 2.24) is 9.88 Å². The molecule has 0 spiro atoms. The van der Waals surface area contributed by atoms with Crippen molar-refractivity contribution in [2.45, 2.75) is 13.3 Å². The minimum atomic E-state index is -0.449. The molecule has 0 saturated carbocycles. The highest BCUT2D eigenvalue weighted by molar-refractivity contribution is 5.87. The number of hydrogen-bond donors (Lipinski definition) is 1. The lowest BCUT2D eigenvalue weighted by atomic mass is 10.1. The van der Waals surface area contributed by atoms with Crippen molar-refractivity contribution in [3.8, 4) is 0 Å². The van der Waals surface area contributed by atoms with E-state index in [2.05, 4.69) is 22.2 Å². The molecule has 1 N–H and O–H groups in total. The predicted molar refractivity (Wildman–Crippen MR) is 66.6 cm³/mol. The number of carbonyl (C=O) groups excluding carboxylic acids is 1. The van der Waals surface area contributed by atoms with Gasteiger partial charge in [-0.15, -0.1) is 0 Å². The predicted octanol–water partition coefficient (Wildman–Crippen LogP) is 1.21. The van der Waals surface area contributed by atoms with Crippen LogP contribution in [-0.2, 0) is 4.74 Å². The summed E-state index contributed by atoms with van der Waals surface area (Å²) in [6.45, 7) is 5.12. The summed E-state index contributed by atoms with van der Waals surface area (Å²) >= 11 is 0. The number of esters is 1. The van der Waals surface area contributed by atoms with Gasteiger partial charge in [0.05, 0.1) is 6.61 Å².